The number of hydrogen-bond acceptors (Lipinski definition) is 4. The van der Waals surface area contributed by atoms with Crippen molar-refractivity contribution >= 4 is 0 Å². The van der Waals surface area contributed by atoms with Crippen LogP contribution in [0.15, 0.2) is 41.0 Å². The molecule has 1 aromatic heterocycles. The minimum atomic E-state index is 0.111. The lowest BCUT2D eigenvalue weighted by molar-refractivity contribution is 0.414. The molecule has 0 aliphatic heterocycles. The Labute approximate surface area is 113 Å². The van der Waals surface area contributed by atoms with Gasteiger partial charge in [-0.05, 0) is 43.5 Å². The third-order valence-corrected chi connectivity index (χ3v) is 3.24. The van der Waals surface area contributed by atoms with Crippen LogP contribution in [0.1, 0.15) is 29.3 Å². The molecule has 102 valence electrons. The highest BCUT2D eigenvalue weighted by atomic mass is 16.5. The van der Waals surface area contributed by atoms with Gasteiger partial charge in [0.05, 0.1) is 13.4 Å². The van der Waals surface area contributed by atoms with Crippen LogP contribution in [0.4, 0.5) is 0 Å². The molecule has 1 heterocycles. The summed E-state index contributed by atoms with van der Waals surface area (Å²) < 4.78 is 10.5. The SMILES string of the molecule is COc1ccc(CCC(NN)c2coc(C)c2)cc1. The number of nitrogens with two attached hydrogens (primary N) is 1. The molecule has 0 bridgehead atoms. The molecule has 19 heavy (non-hydrogen) atoms. The predicted molar refractivity (Wildman–Crippen MR) is 74.8 cm³/mol. The number of methoxy groups -OCH3 is 1. The van der Waals surface area contributed by atoms with E-state index in [1.165, 1.54) is 5.56 Å². The summed E-state index contributed by atoms with van der Waals surface area (Å²) in [5.41, 5.74) is 5.20. The fraction of sp³-hybridized carbons (Fsp3) is 0.333. The van der Waals surface area contributed by atoms with Gasteiger partial charge in [-0.3, -0.25) is 11.3 Å². The second-order valence-corrected chi connectivity index (χ2v) is 4.60. The number of hydrazine groups is 1. The third-order valence-electron chi connectivity index (χ3n) is 3.24. The van der Waals surface area contributed by atoms with E-state index in [2.05, 4.69) is 17.6 Å². The van der Waals surface area contributed by atoms with Gasteiger partial charge in [0.15, 0.2) is 0 Å². The first-order chi connectivity index (χ1) is 9.22. The molecule has 4 heteroatoms. The molecule has 0 saturated carbocycles. The highest BCUT2D eigenvalue weighted by Gasteiger charge is 2.12. The monoisotopic (exact) mass is 260 g/mol. The van der Waals surface area contributed by atoms with Crippen molar-refractivity contribution in [1.82, 2.24) is 5.43 Å². The third kappa shape index (κ3) is 3.59. The molecule has 4 nitrogen and oxygen atoms in total. The first kappa shape index (κ1) is 13.6. The van der Waals surface area contributed by atoms with Crippen LogP contribution < -0.4 is 16.0 Å². The Balaban J connectivity index is 1.95. The molecule has 1 atom stereocenters. The van der Waals surface area contributed by atoms with E-state index in [1.807, 2.05) is 25.1 Å². The molecular formula is C15H20N2O2. The van der Waals surface area contributed by atoms with E-state index in [-0.39, 0.29) is 6.04 Å². The molecule has 1 unspecified atom stereocenters. The van der Waals surface area contributed by atoms with Crippen LogP contribution in [-0.4, -0.2) is 7.11 Å². The lowest BCUT2D eigenvalue weighted by atomic mass is 10.0. The summed E-state index contributed by atoms with van der Waals surface area (Å²) in [6.07, 6.45) is 3.62. The molecule has 0 amide bonds. The number of benzene rings is 1. The van der Waals surface area contributed by atoms with Gasteiger partial charge in [0.25, 0.3) is 0 Å². The van der Waals surface area contributed by atoms with Crippen molar-refractivity contribution in [3.05, 3.63) is 53.5 Å². The van der Waals surface area contributed by atoms with E-state index in [0.717, 1.165) is 29.9 Å². The molecule has 0 aliphatic rings. The fourth-order valence-corrected chi connectivity index (χ4v) is 2.10. The van der Waals surface area contributed by atoms with Crippen LogP contribution in [0.5, 0.6) is 5.75 Å². The van der Waals surface area contributed by atoms with E-state index >= 15 is 0 Å². The summed E-state index contributed by atoms with van der Waals surface area (Å²) in [6, 6.07) is 10.2. The summed E-state index contributed by atoms with van der Waals surface area (Å²) in [4.78, 5) is 0. The van der Waals surface area contributed by atoms with Crippen molar-refractivity contribution in [2.75, 3.05) is 7.11 Å². The summed E-state index contributed by atoms with van der Waals surface area (Å²) in [5, 5.41) is 0. The van der Waals surface area contributed by atoms with Gasteiger partial charge < -0.3 is 9.15 Å². The van der Waals surface area contributed by atoms with E-state index in [0.29, 0.717) is 0 Å². The number of furan rings is 1. The molecule has 0 fully saturated rings. The normalized spacial score (nSPS) is 12.4. The van der Waals surface area contributed by atoms with Crippen molar-refractivity contribution in [3.8, 4) is 5.75 Å². The highest BCUT2D eigenvalue weighted by Crippen LogP contribution is 2.21. The number of hydrogen-bond donors (Lipinski definition) is 2. The second-order valence-electron chi connectivity index (χ2n) is 4.60. The van der Waals surface area contributed by atoms with E-state index in [9.17, 15) is 0 Å². The van der Waals surface area contributed by atoms with Gasteiger partial charge in [0.1, 0.15) is 11.5 Å². The van der Waals surface area contributed by atoms with E-state index in [1.54, 1.807) is 13.4 Å². The molecular weight excluding hydrogens is 240 g/mol. The zero-order valence-electron chi connectivity index (χ0n) is 11.3. The van der Waals surface area contributed by atoms with Gasteiger partial charge in [0.2, 0.25) is 0 Å². The maximum atomic E-state index is 5.61. The zero-order valence-corrected chi connectivity index (χ0v) is 11.3. The smallest absolute Gasteiger partial charge is 0.118 e. The van der Waals surface area contributed by atoms with Crippen LogP contribution in [0, 0.1) is 6.92 Å². The summed E-state index contributed by atoms with van der Waals surface area (Å²) in [7, 11) is 1.67. The largest absolute Gasteiger partial charge is 0.497 e. The van der Waals surface area contributed by atoms with Gasteiger partial charge >= 0.3 is 0 Å². The molecule has 2 rings (SSSR count). The molecule has 2 aromatic rings. The van der Waals surface area contributed by atoms with Crippen molar-refractivity contribution < 1.29 is 9.15 Å². The number of aryl methyl sites for hydroxylation is 2. The average Bonchev–Trinajstić information content (AvgIpc) is 2.87. The predicted octanol–water partition coefficient (Wildman–Crippen LogP) is 2.73. The van der Waals surface area contributed by atoms with Gasteiger partial charge in [0, 0.05) is 11.6 Å². The molecule has 0 radical (unpaired) electrons. The number of rotatable bonds is 6. The van der Waals surface area contributed by atoms with E-state index < -0.39 is 0 Å². The maximum absolute atomic E-state index is 5.61. The Hall–Kier alpha value is -1.78. The highest BCUT2D eigenvalue weighted by molar-refractivity contribution is 5.27. The summed E-state index contributed by atoms with van der Waals surface area (Å²) >= 11 is 0. The summed E-state index contributed by atoms with van der Waals surface area (Å²) in [6.45, 7) is 1.93. The Morgan fingerprint density at radius 3 is 2.58 bits per heavy atom. The Kier molecular flexibility index (Phi) is 4.60. The molecule has 1 aromatic carbocycles. The molecule has 0 saturated heterocycles. The van der Waals surface area contributed by atoms with Gasteiger partial charge in [-0.15, -0.1) is 0 Å². The maximum Gasteiger partial charge on any atom is 0.118 e. The molecule has 0 aliphatic carbocycles. The minimum absolute atomic E-state index is 0.111. The number of nitrogens with one attached hydrogen (secondary N) is 1. The molecule has 3 N–H and O–H groups in total. The topological polar surface area (TPSA) is 60.4 Å². The molecule has 0 spiro atoms. The Bertz CT molecular complexity index is 505. The first-order valence-electron chi connectivity index (χ1n) is 6.37. The standard InChI is InChI=1S/C15H20N2O2/c1-11-9-13(10-19-11)15(17-16)8-5-12-3-6-14(18-2)7-4-12/h3-4,6-7,9-10,15,17H,5,8,16H2,1-2H3. The second kappa shape index (κ2) is 6.41. The van der Waals surface area contributed by atoms with Crippen molar-refractivity contribution in [2.24, 2.45) is 5.84 Å². The quantitative estimate of drug-likeness (QED) is 0.619. The van der Waals surface area contributed by atoms with Gasteiger partial charge in [-0.1, -0.05) is 12.1 Å². The van der Waals surface area contributed by atoms with Crippen LogP contribution in [0.2, 0.25) is 0 Å². The minimum Gasteiger partial charge on any atom is -0.497 e. The van der Waals surface area contributed by atoms with Crippen molar-refractivity contribution in [1.29, 1.82) is 0 Å². The zero-order chi connectivity index (χ0) is 13.7. The van der Waals surface area contributed by atoms with Gasteiger partial charge in [-0.2, -0.15) is 0 Å². The van der Waals surface area contributed by atoms with Crippen LogP contribution in [0.25, 0.3) is 0 Å². The lowest BCUT2D eigenvalue weighted by Crippen LogP contribution is -2.28. The van der Waals surface area contributed by atoms with Crippen molar-refractivity contribution in [3.63, 3.8) is 0 Å². The average molecular weight is 260 g/mol. The van der Waals surface area contributed by atoms with Crippen LogP contribution in [-0.2, 0) is 6.42 Å². The Morgan fingerprint density at radius 1 is 1.32 bits per heavy atom. The van der Waals surface area contributed by atoms with E-state index in [4.69, 9.17) is 15.0 Å². The van der Waals surface area contributed by atoms with Gasteiger partial charge in [-0.25, -0.2) is 0 Å². The number of ether oxygens (including phenoxy) is 1. The van der Waals surface area contributed by atoms with Crippen molar-refractivity contribution in [2.45, 2.75) is 25.8 Å². The summed E-state index contributed by atoms with van der Waals surface area (Å²) in [5.74, 6) is 7.39. The van der Waals surface area contributed by atoms with Crippen LogP contribution >= 0.6 is 0 Å². The Morgan fingerprint density at radius 2 is 2.05 bits per heavy atom. The fourth-order valence-electron chi connectivity index (χ4n) is 2.10. The first-order valence-corrected chi connectivity index (χ1v) is 6.37. The lowest BCUT2D eigenvalue weighted by Gasteiger charge is -2.14. The van der Waals surface area contributed by atoms with Crippen LogP contribution in [0.3, 0.4) is 0 Å².